The average molecular weight is 241 g/mol. The van der Waals surface area contributed by atoms with Crippen LogP contribution >= 0.6 is 0 Å². The Labute approximate surface area is 106 Å². The number of hydrogen-bond donors (Lipinski definition) is 0. The summed E-state index contributed by atoms with van der Waals surface area (Å²) < 4.78 is 5.41. The third-order valence-corrected chi connectivity index (χ3v) is 2.78. The smallest absolute Gasteiger partial charge is 0.343 e. The van der Waals surface area contributed by atoms with E-state index in [1.165, 1.54) is 0 Å². The number of ether oxygens (including phenoxy) is 1. The first-order valence-electron chi connectivity index (χ1n) is 5.92. The van der Waals surface area contributed by atoms with Crippen molar-refractivity contribution >= 4 is 5.97 Å². The minimum absolute atomic E-state index is 0.353. The highest BCUT2D eigenvalue weighted by Crippen LogP contribution is 2.21. The molecule has 1 aromatic carbocycles. The number of benzene rings is 1. The van der Waals surface area contributed by atoms with Crippen molar-refractivity contribution in [2.75, 3.05) is 0 Å². The third kappa shape index (κ3) is 2.74. The zero-order valence-corrected chi connectivity index (χ0v) is 10.5. The number of aryl methyl sites for hydroxylation is 2. The van der Waals surface area contributed by atoms with Crippen molar-refractivity contribution in [3.05, 3.63) is 59.4 Å². The number of esters is 1. The molecule has 3 heteroatoms. The fraction of sp³-hybridized carbons (Fsp3) is 0.200. The van der Waals surface area contributed by atoms with Crippen molar-refractivity contribution in [2.45, 2.75) is 20.3 Å². The van der Waals surface area contributed by atoms with E-state index < -0.39 is 0 Å². The zero-order chi connectivity index (χ0) is 13.0. The topological polar surface area (TPSA) is 39.2 Å². The molecule has 1 heterocycles. The number of pyridine rings is 1. The minimum atomic E-state index is -0.353. The maximum absolute atomic E-state index is 11.9. The van der Waals surface area contributed by atoms with Gasteiger partial charge in [-0.25, -0.2) is 4.79 Å². The van der Waals surface area contributed by atoms with Gasteiger partial charge in [-0.1, -0.05) is 19.1 Å². The molecule has 0 amide bonds. The maximum Gasteiger partial charge on any atom is 0.343 e. The largest absolute Gasteiger partial charge is 0.423 e. The lowest BCUT2D eigenvalue weighted by atomic mass is 10.1. The fourth-order valence-electron chi connectivity index (χ4n) is 1.62. The third-order valence-electron chi connectivity index (χ3n) is 2.78. The first-order valence-corrected chi connectivity index (χ1v) is 5.92. The lowest BCUT2D eigenvalue weighted by Crippen LogP contribution is -2.09. The molecule has 0 unspecified atom stereocenters. The van der Waals surface area contributed by atoms with Gasteiger partial charge < -0.3 is 4.74 Å². The van der Waals surface area contributed by atoms with Crippen molar-refractivity contribution in [3.8, 4) is 5.75 Å². The Morgan fingerprint density at radius 1 is 1.22 bits per heavy atom. The van der Waals surface area contributed by atoms with Crippen LogP contribution in [0.5, 0.6) is 5.75 Å². The van der Waals surface area contributed by atoms with Crippen molar-refractivity contribution in [2.24, 2.45) is 0 Å². The Hall–Kier alpha value is -2.16. The van der Waals surface area contributed by atoms with Crippen LogP contribution in [-0.2, 0) is 6.42 Å². The SMILES string of the molecule is CCc1ccc(C)c(OC(=O)c2ccncc2)c1. The van der Waals surface area contributed by atoms with E-state index >= 15 is 0 Å². The molecule has 0 aliphatic rings. The Balaban J connectivity index is 2.21. The molecule has 0 saturated heterocycles. The van der Waals surface area contributed by atoms with Crippen LogP contribution in [0.3, 0.4) is 0 Å². The molecule has 0 bridgehead atoms. The van der Waals surface area contributed by atoms with Gasteiger partial charge in [-0.05, 0) is 42.7 Å². The quantitative estimate of drug-likeness (QED) is 0.612. The Morgan fingerprint density at radius 2 is 1.94 bits per heavy atom. The van der Waals surface area contributed by atoms with Gasteiger partial charge in [0.2, 0.25) is 0 Å². The maximum atomic E-state index is 11.9. The number of rotatable bonds is 3. The summed E-state index contributed by atoms with van der Waals surface area (Å²) in [4.78, 5) is 15.8. The molecular formula is C15H15NO2. The second-order valence-electron chi connectivity index (χ2n) is 4.08. The summed E-state index contributed by atoms with van der Waals surface area (Å²) in [5.41, 5.74) is 2.61. The summed E-state index contributed by atoms with van der Waals surface area (Å²) in [5.74, 6) is 0.268. The molecule has 2 rings (SSSR count). The standard InChI is InChI=1S/C15H15NO2/c1-3-12-5-4-11(2)14(10-12)18-15(17)13-6-8-16-9-7-13/h4-10H,3H2,1-2H3. The van der Waals surface area contributed by atoms with Crippen molar-refractivity contribution in [1.29, 1.82) is 0 Å². The summed E-state index contributed by atoms with van der Waals surface area (Å²) in [6.45, 7) is 3.99. The lowest BCUT2D eigenvalue weighted by Gasteiger charge is -2.08. The van der Waals surface area contributed by atoms with Crippen LogP contribution in [0.1, 0.15) is 28.4 Å². The highest BCUT2D eigenvalue weighted by molar-refractivity contribution is 5.91. The normalized spacial score (nSPS) is 10.1. The van der Waals surface area contributed by atoms with Gasteiger partial charge in [-0.15, -0.1) is 0 Å². The van der Waals surface area contributed by atoms with Crippen molar-refractivity contribution < 1.29 is 9.53 Å². The molecule has 0 spiro atoms. The highest BCUT2D eigenvalue weighted by Gasteiger charge is 2.10. The monoisotopic (exact) mass is 241 g/mol. The van der Waals surface area contributed by atoms with Gasteiger partial charge >= 0.3 is 5.97 Å². The Bertz CT molecular complexity index is 550. The van der Waals surface area contributed by atoms with Gasteiger partial charge in [0, 0.05) is 12.4 Å². The number of carbonyl (C=O) groups is 1. The van der Waals surface area contributed by atoms with E-state index in [0.717, 1.165) is 17.5 Å². The van der Waals surface area contributed by atoms with Gasteiger partial charge in [0.25, 0.3) is 0 Å². The summed E-state index contributed by atoms with van der Waals surface area (Å²) >= 11 is 0. The first kappa shape index (κ1) is 12.3. The van der Waals surface area contributed by atoms with E-state index in [4.69, 9.17) is 4.74 Å². The zero-order valence-electron chi connectivity index (χ0n) is 10.5. The summed E-state index contributed by atoms with van der Waals surface area (Å²) in [6.07, 6.45) is 4.07. The van der Waals surface area contributed by atoms with E-state index in [9.17, 15) is 4.79 Å². The number of hydrogen-bond acceptors (Lipinski definition) is 3. The molecule has 18 heavy (non-hydrogen) atoms. The molecule has 0 aliphatic heterocycles. The van der Waals surface area contributed by atoms with Crippen LogP contribution in [-0.4, -0.2) is 11.0 Å². The predicted octanol–water partition coefficient (Wildman–Crippen LogP) is 3.17. The molecule has 92 valence electrons. The van der Waals surface area contributed by atoms with Crippen LogP contribution in [0.4, 0.5) is 0 Å². The highest BCUT2D eigenvalue weighted by atomic mass is 16.5. The molecule has 1 aromatic heterocycles. The van der Waals surface area contributed by atoms with Crippen LogP contribution in [0.15, 0.2) is 42.7 Å². The number of nitrogens with zero attached hydrogens (tertiary/aromatic N) is 1. The summed E-state index contributed by atoms with van der Waals surface area (Å²) in [6, 6.07) is 9.20. The molecule has 3 nitrogen and oxygen atoms in total. The molecule has 2 aromatic rings. The van der Waals surface area contributed by atoms with Crippen LogP contribution in [0.25, 0.3) is 0 Å². The molecule has 0 saturated carbocycles. The molecule has 0 radical (unpaired) electrons. The number of aromatic nitrogens is 1. The van der Waals surface area contributed by atoms with Gasteiger partial charge in [-0.3, -0.25) is 4.98 Å². The van der Waals surface area contributed by atoms with E-state index in [1.807, 2.05) is 25.1 Å². The Morgan fingerprint density at radius 3 is 2.61 bits per heavy atom. The fourth-order valence-corrected chi connectivity index (χ4v) is 1.62. The molecule has 0 aliphatic carbocycles. The van der Waals surface area contributed by atoms with Crippen molar-refractivity contribution in [1.82, 2.24) is 4.98 Å². The van der Waals surface area contributed by atoms with E-state index in [0.29, 0.717) is 11.3 Å². The number of carbonyl (C=O) groups excluding carboxylic acids is 1. The minimum Gasteiger partial charge on any atom is -0.423 e. The van der Waals surface area contributed by atoms with Crippen LogP contribution < -0.4 is 4.74 Å². The predicted molar refractivity (Wildman–Crippen MR) is 69.8 cm³/mol. The van der Waals surface area contributed by atoms with Crippen LogP contribution in [0.2, 0.25) is 0 Å². The Kier molecular flexibility index (Phi) is 3.72. The molecule has 0 atom stereocenters. The first-order chi connectivity index (χ1) is 8.70. The van der Waals surface area contributed by atoms with E-state index in [1.54, 1.807) is 24.5 Å². The summed E-state index contributed by atoms with van der Waals surface area (Å²) in [5, 5.41) is 0. The van der Waals surface area contributed by atoms with Crippen molar-refractivity contribution in [3.63, 3.8) is 0 Å². The average Bonchev–Trinajstić information content (AvgIpc) is 2.42. The van der Waals surface area contributed by atoms with Gasteiger partial charge in [0.15, 0.2) is 0 Å². The van der Waals surface area contributed by atoms with Gasteiger partial charge in [-0.2, -0.15) is 0 Å². The molecular weight excluding hydrogens is 226 g/mol. The van der Waals surface area contributed by atoms with E-state index in [2.05, 4.69) is 11.9 Å². The van der Waals surface area contributed by atoms with Gasteiger partial charge in [0.05, 0.1) is 5.56 Å². The summed E-state index contributed by atoms with van der Waals surface area (Å²) in [7, 11) is 0. The molecule has 0 fully saturated rings. The second kappa shape index (κ2) is 5.45. The molecule has 0 N–H and O–H groups in total. The van der Waals surface area contributed by atoms with E-state index in [-0.39, 0.29) is 5.97 Å². The van der Waals surface area contributed by atoms with Gasteiger partial charge in [0.1, 0.15) is 5.75 Å². The lowest BCUT2D eigenvalue weighted by molar-refractivity contribution is 0.0733. The second-order valence-corrected chi connectivity index (χ2v) is 4.08. The van der Waals surface area contributed by atoms with Crippen LogP contribution in [0, 0.1) is 6.92 Å².